The number of benzene rings is 1. The molecule has 0 saturated carbocycles. The predicted molar refractivity (Wildman–Crippen MR) is 70.8 cm³/mol. The molecule has 0 aliphatic heterocycles. The van der Waals surface area contributed by atoms with E-state index in [-0.39, 0.29) is 21.4 Å². The third-order valence-electron chi connectivity index (χ3n) is 2.63. The Kier molecular flexibility index (Phi) is 3.84. The van der Waals surface area contributed by atoms with E-state index < -0.39 is 0 Å². The van der Waals surface area contributed by atoms with Gasteiger partial charge in [-0.3, -0.25) is 9.59 Å². The molecule has 0 unspecified atom stereocenters. The molecule has 0 radical (unpaired) electrons. The van der Waals surface area contributed by atoms with Gasteiger partial charge in [-0.05, 0) is 5.56 Å². The monoisotopic (exact) mass is 281 g/mol. The van der Waals surface area contributed by atoms with Crippen LogP contribution >= 0.6 is 23.2 Å². The first-order valence-corrected chi connectivity index (χ1v) is 5.96. The Hall–Kier alpha value is -1.58. The summed E-state index contributed by atoms with van der Waals surface area (Å²) in [4.78, 5) is 21.8. The van der Waals surface area contributed by atoms with Gasteiger partial charge in [0.1, 0.15) is 10.3 Å². The molecule has 1 aromatic heterocycles. The van der Waals surface area contributed by atoms with Crippen molar-refractivity contribution in [1.29, 1.82) is 0 Å². The zero-order chi connectivity index (χ0) is 13.1. The molecule has 0 amide bonds. The number of halogens is 2. The second kappa shape index (κ2) is 5.38. The SMILES string of the molecule is O=Cc1c(C=O)c(Cl)n(Cc2ccccc2)c1Cl. The van der Waals surface area contributed by atoms with Crippen LogP contribution in [0.1, 0.15) is 26.3 Å². The Balaban J connectivity index is 2.49. The zero-order valence-electron chi connectivity index (χ0n) is 9.27. The zero-order valence-corrected chi connectivity index (χ0v) is 10.8. The minimum atomic E-state index is 0.132. The molecule has 0 aliphatic rings. The van der Waals surface area contributed by atoms with Crippen LogP contribution in [0.25, 0.3) is 0 Å². The smallest absolute Gasteiger partial charge is 0.153 e. The molecule has 18 heavy (non-hydrogen) atoms. The van der Waals surface area contributed by atoms with E-state index >= 15 is 0 Å². The van der Waals surface area contributed by atoms with Crippen molar-refractivity contribution in [2.45, 2.75) is 6.54 Å². The number of aromatic nitrogens is 1. The second-order valence-corrected chi connectivity index (χ2v) is 4.43. The van der Waals surface area contributed by atoms with Gasteiger partial charge in [0.15, 0.2) is 12.6 Å². The number of hydrogen-bond acceptors (Lipinski definition) is 2. The summed E-state index contributed by atoms with van der Waals surface area (Å²) in [5.74, 6) is 0. The number of aldehydes is 2. The van der Waals surface area contributed by atoms with E-state index in [4.69, 9.17) is 23.2 Å². The summed E-state index contributed by atoms with van der Waals surface area (Å²) < 4.78 is 1.53. The van der Waals surface area contributed by atoms with Crippen molar-refractivity contribution >= 4 is 35.8 Å². The lowest BCUT2D eigenvalue weighted by atomic mass is 10.2. The molecule has 0 fully saturated rings. The summed E-state index contributed by atoms with van der Waals surface area (Å²) in [6, 6.07) is 9.50. The van der Waals surface area contributed by atoms with Crippen LogP contribution in [-0.2, 0) is 6.54 Å². The lowest BCUT2D eigenvalue weighted by Crippen LogP contribution is -2.00. The first-order chi connectivity index (χ1) is 8.69. The van der Waals surface area contributed by atoms with E-state index in [0.29, 0.717) is 19.1 Å². The molecule has 0 spiro atoms. The fourth-order valence-corrected chi connectivity index (χ4v) is 2.35. The van der Waals surface area contributed by atoms with E-state index in [1.165, 1.54) is 4.57 Å². The molecular formula is C13H9Cl2NO2. The average molecular weight is 282 g/mol. The van der Waals surface area contributed by atoms with Gasteiger partial charge in [-0.2, -0.15) is 0 Å². The fourth-order valence-electron chi connectivity index (χ4n) is 1.73. The Labute approximate surface area is 114 Å². The van der Waals surface area contributed by atoms with Crippen molar-refractivity contribution in [1.82, 2.24) is 4.57 Å². The van der Waals surface area contributed by atoms with Gasteiger partial charge in [-0.15, -0.1) is 0 Å². The number of hydrogen-bond donors (Lipinski definition) is 0. The van der Waals surface area contributed by atoms with Crippen LogP contribution in [0.2, 0.25) is 10.3 Å². The standard InChI is InChI=1S/C13H9Cl2NO2/c14-12-10(7-17)11(8-18)13(15)16(12)6-9-4-2-1-3-5-9/h1-5,7-8H,6H2. The lowest BCUT2D eigenvalue weighted by Gasteiger charge is -2.06. The molecule has 2 aromatic rings. The maximum atomic E-state index is 10.9. The van der Waals surface area contributed by atoms with Gasteiger partial charge >= 0.3 is 0 Å². The maximum absolute atomic E-state index is 10.9. The average Bonchev–Trinajstić information content (AvgIpc) is 2.63. The van der Waals surface area contributed by atoms with Crippen molar-refractivity contribution in [3.8, 4) is 0 Å². The molecule has 2 rings (SSSR count). The topological polar surface area (TPSA) is 39.1 Å². The largest absolute Gasteiger partial charge is 0.317 e. The van der Waals surface area contributed by atoms with Crippen LogP contribution in [0, 0.1) is 0 Å². The van der Waals surface area contributed by atoms with Crippen molar-refractivity contribution in [3.63, 3.8) is 0 Å². The Morgan fingerprint density at radius 1 is 0.944 bits per heavy atom. The summed E-state index contributed by atoms with van der Waals surface area (Å²) >= 11 is 12.1. The first-order valence-electron chi connectivity index (χ1n) is 5.20. The fraction of sp³-hybridized carbons (Fsp3) is 0.0769. The highest BCUT2D eigenvalue weighted by Gasteiger charge is 2.19. The van der Waals surface area contributed by atoms with Crippen LogP contribution in [0.15, 0.2) is 30.3 Å². The van der Waals surface area contributed by atoms with Crippen molar-refractivity contribution in [2.24, 2.45) is 0 Å². The maximum Gasteiger partial charge on any atom is 0.153 e. The minimum Gasteiger partial charge on any atom is -0.317 e. The van der Waals surface area contributed by atoms with Gasteiger partial charge < -0.3 is 4.57 Å². The number of rotatable bonds is 4. The van der Waals surface area contributed by atoms with Crippen LogP contribution in [0.4, 0.5) is 0 Å². The van der Waals surface area contributed by atoms with E-state index in [2.05, 4.69) is 0 Å². The molecule has 0 N–H and O–H groups in total. The van der Waals surface area contributed by atoms with Crippen LogP contribution in [0.3, 0.4) is 0 Å². The summed E-state index contributed by atoms with van der Waals surface area (Å²) in [7, 11) is 0. The summed E-state index contributed by atoms with van der Waals surface area (Å²) in [5.41, 5.74) is 1.24. The van der Waals surface area contributed by atoms with E-state index in [0.717, 1.165) is 5.56 Å². The highest BCUT2D eigenvalue weighted by molar-refractivity contribution is 6.37. The molecule has 92 valence electrons. The molecule has 1 heterocycles. The summed E-state index contributed by atoms with van der Waals surface area (Å²) in [6.45, 7) is 0.410. The third kappa shape index (κ3) is 2.19. The van der Waals surface area contributed by atoms with Gasteiger partial charge in [0.25, 0.3) is 0 Å². The van der Waals surface area contributed by atoms with Crippen molar-refractivity contribution < 1.29 is 9.59 Å². The number of carbonyl (C=O) groups is 2. The van der Waals surface area contributed by atoms with Crippen molar-refractivity contribution in [2.75, 3.05) is 0 Å². The first kappa shape index (κ1) is 12.9. The highest BCUT2D eigenvalue weighted by Crippen LogP contribution is 2.29. The molecule has 0 bridgehead atoms. The summed E-state index contributed by atoms with van der Waals surface area (Å²) in [6.07, 6.45) is 1.08. The molecule has 0 saturated heterocycles. The lowest BCUT2D eigenvalue weighted by molar-refractivity contribution is 0.109. The van der Waals surface area contributed by atoms with Crippen LogP contribution < -0.4 is 0 Å². The highest BCUT2D eigenvalue weighted by atomic mass is 35.5. The molecule has 0 aliphatic carbocycles. The van der Waals surface area contributed by atoms with E-state index in [9.17, 15) is 9.59 Å². The van der Waals surface area contributed by atoms with Gasteiger partial charge in [0, 0.05) is 6.54 Å². The van der Waals surface area contributed by atoms with E-state index in [1.807, 2.05) is 30.3 Å². The predicted octanol–water partition coefficient (Wildman–Crippen LogP) is 3.47. The van der Waals surface area contributed by atoms with Gasteiger partial charge in [0.2, 0.25) is 0 Å². The summed E-state index contributed by atoms with van der Waals surface area (Å²) in [5, 5.41) is 0.363. The third-order valence-corrected chi connectivity index (χ3v) is 3.44. The number of carbonyl (C=O) groups excluding carboxylic acids is 2. The Bertz CT molecular complexity index is 559. The van der Waals surface area contributed by atoms with Gasteiger partial charge in [0.05, 0.1) is 11.1 Å². The van der Waals surface area contributed by atoms with Gasteiger partial charge in [-0.25, -0.2) is 0 Å². The molecular weight excluding hydrogens is 273 g/mol. The molecule has 0 atom stereocenters. The quantitative estimate of drug-likeness (QED) is 0.805. The molecule has 3 nitrogen and oxygen atoms in total. The van der Waals surface area contributed by atoms with Gasteiger partial charge in [-0.1, -0.05) is 53.5 Å². The molecule has 1 aromatic carbocycles. The normalized spacial score (nSPS) is 10.3. The van der Waals surface area contributed by atoms with Crippen LogP contribution in [0.5, 0.6) is 0 Å². The van der Waals surface area contributed by atoms with Crippen LogP contribution in [-0.4, -0.2) is 17.1 Å². The Morgan fingerprint density at radius 2 is 1.44 bits per heavy atom. The van der Waals surface area contributed by atoms with E-state index in [1.54, 1.807) is 0 Å². The minimum absolute atomic E-state index is 0.132. The second-order valence-electron chi connectivity index (χ2n) is 3.72. The Morgan fingerprint density at radius 3 is 1.89 bits per heavy atom. The van der Waals surface area contributed by atoms with Crippen molar-refractivity contribution in [3.05, 3.63) is 57.3 Å². The number of nitrogens with zero attached hydrogens (tertiary/aromatic N) is 1. The molecule has 5 heteroatoms.